The van der Waals surface area contributed by atoms with E-state index in [0.29, 0.717) is 12.5 Å². The molecule has 2 atom stereocenters. The molecule has 66 valence electrons. The topological polar surface area (TPSA) is 35.5 Å². The summed E-state index contributed by atoms with van der Waals surface area (Å²) in [5, 5.41) is 0. The summed E-state index contributed by atoms with van der Waals surface area (Å²) in [6.45, 7) is 6.23. The monoisotopic (exact) mass is 178 g/mol. The SMILES string of the molecule is CC(C)C1CCOP(C)(=O)O1. The highest BCUT2D eigenvalue weighted by Gasteiger charge is 2.29. The first-order chi connectivity index (χ1) is 5.01. The molecule has 1 aliphatic heterocycles. The van der Waals surface area contributed by atoms with Crippen molar-refractivity contribution < 1.29 is 13.6 Å². The molecule has 0 amide bonds. The van der Waals surface area contributed by atoms with E-state index in [1.165, 1.54) is 6.66 Å². The van der Waals surface area contributed by atoms with Crippen LogP contribution in [0.3, 0.4) is 0 Å². The summed E-state index contributed by atoms with van der Waals surface area (Å²) in [5.74, 6) is 0.423. The van der Waals surface area contributed by atoms with E-state index in [1.54, 1.807) is 0 Å². The molecule has 1 heterocycles. The smallest absolute Gasteiger partial charge is 0.309 e. The van der Waals surface area contributed by atoms with Crippen molar-refractivity contribution in [2.24, 2.45) is 5.92 Å². The normalized spacial score (nSPS) is 39.5. The summed E-state index contributed by atoms with van der Waals surface area (Å²) in [6, 6.07) is 0. The maximum Gasteiger partial charge on any atom is 0.327 e. The van der Waals surface area contributed by atoms with Gasteiger partial charge in [0.2, 0.25) is 0 Å². The Bertz CT molecular complexity index is 179. The van der Waals surface area contributed by atoms with Crippen molar-refractivity contribution >= 4 is 7.60 Å². The summed E-state index contributed by atoms with van der Waals surface area (Å²) in [5.41, 5.74) is 0. The van der Waals surface area contributed by atoms with Crippen molar-refractivity contribution in [3.8, 4) is 0 Å². The van der Waals surface area contributed by atoms with E-state index in [9.17, 15) is 4.57 Å². The average Bonchev–Trinajstić information content (AvgIpc) is 1.85. The highest BCUT2D eigenvalue weighted by molar-refractivity contribution is 7.53. The first-order valence-electron chi connectivity index (χ1n) is 3.92. The Kier molecular flexibility index (Phi) is 2.74. The van der Waals surface area contributed by atoms with Crippen LogP contribution in [-0.4, -0.2) is 19.4 Å². The van der Waals surface area contributed by atoms with Gasteiger partial charge in [0.1, 0.15) is 0 Å². The van der Waals surface area contributed by atoms with Gasteiger partial charge < -0.3 is 9.05 Å². The maximum absolute atomic E-state index is 11.3. The van der Waals surface area contributed by atoms with Crippen molar-refractivity contribution in [2.75, 3.05) is 13.3 Å². The van der Waals surface area contributed by atoms with Gasteiger partial charge in [0.15, 0.2) is 0 Å². The zero-order chi connectivity index (χ0) is 8.48. The van der Waals surface area contributed by atoms with Gasteiger partial charge in [0.25, 0.3) is 0 Å². The Balaban J connectivity index is 2.53. The molecule has 4 heteroatoms. The molecule has 1 aliphatic rings. The third kappa shape index (κ3) is 2.58. The number of rotatable bonds is 1. The molecule has 2 unspecified atom stereocenters. The molecule has 1 saturated heterocycles. The Morgan fingerprint density at radius 3 is 2.55 bits per heavy atom. The van der Waals surface area contributed by atoms with E-state index in [-0.39, 0.29) is 6.10 Å². The molecule has 0 aliphatic carbocycles. The van der Waals surface area contributed by atoms with Crippen LogP contribution in [0, 0.1) is 5.92 Å². The van der Waals surface area contributed by atoms with Gasteiger partial charge in [-0.3, -0.25) is 4.57 Å². The molecule has 3 nitrogen and oxygen atoms in total. The van der Waals surface area contributed by atoms with Crippen molar-refractivity contribution in [3.63, 3.8) is 0 Å². The van der Waals surface area contributed by atoms with Gasteiger partial charge in [0, 0.05) is 6.66 Å². The minimum absolute atomic E-state index is 0.111. The molecular weight excluding hydrogens is 163 g/mol. The molecule has 0 aromatic carbocycles. The standard InChI is InChI=1S/C7H15O3P/c1-6(2)7-4-5-9-11(3,8)10-7/h6-7H,4-5H2,1-3H3. The first kappa shape index (κ1) is 9.24. The largest absolute Gasteiger partial charge is 0.327 e. The van der Waals surface area contributed by atoms with Crippen LogP contribution in [0.15, 0.2) is 0 Å². The van der Waals surface area contributed by atoms with Crippen LogP contribution in [0.25, 0.3) is 0 Å². The quantitative estimate of drug-likeness (QED) is 0.578. The minimum Gasteiger partial charge on any atom is -0.309 e. The second-order valence-electron chi connectivity index (χ2n) is 3.28. The van der Waals surface area contributed by atoms with Crippen molar-refractivity contribution in [1.82, 2.24) is 0 Å². The maximum atomic E-state index is 11.3. The summed E-state index contributed by atoms with van der Waals surface area (Å²) in [6.07, 6.45) is 0.967. The van der Waals surface area contributed by atoms with E-state index in [0.717, 1.165) is 6.42 Å². The Hall–Kier alpha value is 0.150. The van der Waals surface area contributed by atoms with Gasteiger partial charge in [-0.1, -0.05) is 13.8 Å². The summed E-state index contributed by atoms with van der Waals surface area (Å²) in [4.78, 5) is 0. The van der Waals surface area contributed by atoms with Crippen molar-refractivity contribution in [1.29, 1.82) is 0 Å². The van der Waals surface area contributed by atoms with Crippen LogP contribution in [0.4, 0.5) is 0 Å². The highest BCUT2D eigenvalue weighted by Crippen LogP contribution is 2.49. The predicted octanol–water partition coefficient (Wildman–Crippen LogP) is 2.27. The van der Waals surface area contributed by atoms with Crippen molar-refractivity contribution in [3.05, 3.63) is 0 Å². The van der Waals surface area contributed by atoms with Gasteiger partial charge in [-0.2, -0.15) is 0 Å². The summed E-state index contributed by atoms with van der Waals surface area (Å²) < 4.78 is 21.6. The van der Waals surface area contributed by atoms with Crippen LogP contribution in [-0.2, 0) is 13.6 Å². The lowest BCUT2D eigenvalue weighted by atomic mass is 10.1. The lowest BCUT2D eigenvalue weighted by Gasteiger charge is -2.29. The fraction of sp³-hybridized carbons (Fsp3) is 1.00. The summed E-state index contributed by atoms with van der Waals surface area (Å²) in [7, 11) is -2.70. The molecule has 0 aromatic rings. The molecular formula is C7H15O3P. The van der Waals surface area contributed by atoms with E-state index in [2.05, 4.69) is 13.8 Å². The summed E-state index contributed by atoms with van der Waals surface area (Å²) >= 11 is 0. The second kappa shape index (κ2) is 3.26. The molecule has 0 N–H and O–H groups in total. The molecule has 0 aromatic heterocycles. The van der Waals surface area contributed by atoms with Crippen LogP contribution < -0.4 is 0 Å². The molecule has 1 rings (SSSR count). The third-order valence-electron chi connectivity index (χ3n) is 1.80. The fourth-order valence-corrected chi connectivity index (χ4v) is 2.46. The Labute approximate surface area is 67.6 Å². The lowest BCUT2D eigenvalue weighted by Crippen LogP contribution is -2.24. The zero-order valence-electron chi connectivity index (χ0n) is 7.24. The van der Waals surface area contributed by atoms with Crippen LogP contribution in [0.2, 0.25) is 0 Å². The molecule has 1 fully saturated rings. The van der Waals surface area contributed by atoms with Gasteiger partial charge in [-0.05, 0) is 12.3 Å². The van der Waals surface area contributed by atoms with Gasteiger partial charge in [-0.15, -0.1) is 0 Å². The molecule has 11 heavy (non-hydrogen) atoms. The van der Waals surface area contributed by atoms with Crippen LogP contribution >= 0.6 is 7.60 Å². The first-order valence-corrected chi connectivity index (χ1v) is 5.91. The van der Waals surface area contributed by atoms with Crippen molar-refractivity contribution in [2.45, 2.75) is 26.4 Å². The fourth-order valence-electron chi connectivity index (χ4n) is 1.12. The number of hydrogen-bond acceptors (Lipinski definition) is 3. The lowest BCUT2D eigenvalue weighted by molar-refractivity contribution is 0.0561. The Morgan fingerprint density at radius 1 is 1.55 bits per heavy atom. The van der Waals surface area contributed by atoms with Gasteiger partial charge in [0.05, 0.1) is 12.7 Å². The molecule has 0 saturated carbocycles. The Morgan fingerprint density at radius 2 is 2.18 bits per heavy atom. The molecule has 0 bridgehead atoms. The predicted molar refractivity (Wildman–Crippen MR) is 43.8 cm³/mol. The van der Waals surface area contributed by atoms with E-state index < -0.39 is 7.60 Å². The average molecular weight is 178 g/mol. The van der Waals surface area contributed by atoms with Crippen LogP contribution in [0.5, 0.6) is 0 Å². The third-order valence-corrected chi connectivity index (χ3v) is 3.10. The van der Waals surface area contributed by atoms with E-state index >= 15 is 0 Å². The second-order valence-corrected chi connectivity index (χ2v) is 5.29. The van der Waals surface area contributed by atoms with Gasteiger partial charge >= 0.3 is 7.60 Å². The van der Waals surface area contributed by atoms with Gasteiger partial charge in [-0.25, -0.2) is 0 Å². The highest BCUT2D eigenvalue weighted by atomic mass is 31.2. The molecule has 0 radical (unpaired) electrons. The zero-order valence-corrected chi connectivity index (χ0v) is 8.14. The van der Waals surface area contributed by atoms with E-state index in [4.69, 9.17) is 9.05 Å². The van der Waals surface area contributed by atoms with E-state index in [1.807, 2.05) is 0 Å². The molecule has 0 spiro atoms. The van der Waals surface area contributed by atoms with Crippen LogP contribution in [0.1, 0.15) is 20.3 Å². The number of hydrogen-bond donors (Lipinski definition) is 0. The minimum atomic E-state index is -2.70.